The Morgan fingerprint density at radius 3 is 2.67 bits per heavy atom. The Hall–Kier alpha value is -2.53. The summed E-state index contributed by atoms with van der Waals surface area (Å²) in [5.74, 6) is 1.32. The van der Waals surface area contributed by atoms with E-state index in [9.17, 15) is 0 Å². The highest BCUT2D eigenvalue weighted by Gasteiger charge is 2.02. The van der Waals surface area contributed by atoms with Gasteiger partial charge in [0.15, 0.2) is 5.96 Å². The Bertz CT molecular complexity index is 671. The minimum absolute atomic E-state index is 0.398. The highest BCUT2D eigenvalue weighted by atomic mass is 16.5. The molecule has 0 saturated carbocycles. The van der Waals surface area contributed by atoms with Gasteiger partial charge in [0.25, 0.3) is 0 Å². The Morgan fingerprint density at radius 1 is 1.12 bits per heavy atom. The number of nitrogens with two attached hydrogens (primary N) is 1. The monoisotopic (exact) mass is 327 g/mol. The molecule has 0 unspecified atom stereocenters. The SMILES string of the molecule is COCc1ccccc1NC(N)=NCCCOc1ccccc1C. The molecular weight excluding hydrogens is 302 g/mol. The topological polar surface area (TPSA) is 68.9 Å². The average Bonchev–Trinajstić information content (AvgIpc) is 2.58. The number of aliphatic imine (C=N–C) groups is 1. The summed E-state index contributed by atoms with van der Waals surface area (Å²) in [6, 6.07) is 15.8. The summed E-state index contributed by atoms with van der Waals surface area (Å²) in [4.78, 5) is 4.34. The van der Waals surface area contributed by atoms with Gasteiger partial charge >= 0.3 is 0 Å². The van der Waals surface area contributed by atoms with Crippen molar-refractivity contribution in [3.05, 3.63) is 59.7 Å². The van der Waals surface area contributed by atoms with Crippen molar-refractivity contribution in [2.75, 3.05) is 25.6 Å². The van der Waals surface area contributed by atoms with Crippen molar-refractivity contribution in [2.45, 2.75) is 20.0 Å². The first-order chi connectivity index (χ1) is 11.7. The predicted octanol–water partition coefficient (Wildman–Crippen LogP) is 3.34. The van der Waals surface area contributed by atoms with Crippen LogP contribution in [0.15, 0.2) is 53.5 Å². The Morgan fingerprint density at radius 2 is 1.88 bits per heavy atom. The minimum atomic E-state index is 0.398. The van der Waals surface area contributed by atoms with Crippen LogP contribution >= 0.6 is 0 Å². The van der Waals surface area contributed by atoms with E-state index in [1.54, 1.807) is 7.11 Å². The number of anilines is 1. The lowest BCUT2D eigenvalue weighted by Crippen LogP contribution is -2.23. The molecule has 0 saturated heterocycles. The lowest BCUT2D eigenvalue weighted by atomic mass is 10.2. The molecular formula is C19H25N3O2. The van der Waals surface area contributed by atoms with Crippen LogP contribution in [-0.2, 0) is 11.3 Å². The normalized spacial score (nSPS) is 11.3. The second-order valence-electron chi connectivity index (χ2n) is 5.45. The Balaban J connectivity index is 1.77. The first kappa shape index (κ1) is 17.8. The molecule has 128 valence electrons. The maximum absolute atomic E-state index is 5.95. The van der Waals surface area contributed by atoms with Gasteiger partial charge in [-0.2, -0.15) is 0 Å². The summed E-state index contributed by atoms with van der Waals surface area (Å²) in [7, 11) is 1.67. The van der Waals surface area contributed by atoms with Gasteiger partial charge in [0.2, 0.25) is 0 Å². The third-order valence-corrected chi connectivity index (χ3v) is 3.52. The molecule has 0 atom stereocenters. The summed E-state index contributed by atoms with van der Waals surface area (Å²) in [6.07, 6.45) is 0.802. The number of para-hydroxylation sites is 2. The molecule has 0 aliphatic rings. The number of nitrogens with zero attached hydrogens (tertiary/aromatic N) is 1. The summed E-state index contributed by atoms with van der Waals surface area (Å²) >= 11 is 0. The number of rotatable bonds is 8. The van der Waals surface area contributed by atoms with Gasteiger partial charge in [-0.15, -0.1) is 0 Å². The van der Waals surface area contributed by atoms with E-state index < -0.39 is 0 Å². The van der Waals surface area contributed by atoms with Gasteiger partial charge in [-0.25, -0.2) is 0 Å². The smallest absolute Gasteiger partial charge is 0.193 e. The molecule has 0 heterocycles. The van der Waals surface area contributed by atoms with Crippen molar-refractivity contribution >= 4 is 11.6 Å². The molecule has 5 nitrogen and oxygen atoms in total. The molecule has 0 aliphatic heterocycles. The van der Waals surface area contributed by atoms with Gasteiger partial charge in [0.05, 0.1) is 13.2 Å². The lowest BCUT2D eigenvalue weighted by Gasteiger charge is -2.11. The maximum Gasteiger partial charge on any atom is 0.193 e. The number of nitrogens with one attached hydrogen (secondary N) is 1. The van der Waals surface area contributed by atoms with Crippen LogP contribution in [0.2, 0.25) is 0 Å². The molecule has 2 aromatic carbocycles. The van der Waals surface area contributed by atoms with Crippen LogP contribution in [-0.4, -0.2) is 26.2 Å². The van der Waals surface area contributed by atoms with Crippen LogP contribution in [0.3, 0.4) is 0 Å². The minimum Gasteiger partial charge on any atom is -0.493 e. The van der Waals surface area contributed by atoms with Crippen molar-refractivity contribution in [3.8, 4) is 5.75 Å². The van der Waals surface area contributed by atoms with Crippen molar-refractivity contribution in [1.82, 2.24) is 0 Å². The van der Waals surface area contributed by atoms with Crippen LogP contribution in [0, 0.1) is 6.92 Å². The van der Waals surface area contributed by atoms with Crippen LogP contribution in [0.1, 0.15) is 17.5 Å². The van der Waals surface area contributed by atoms with Crippen LogP contribution in [0.25, 0.3) is 0 Å². The van der Waals surface area contributed by atoms with E-state index in [2.05, 4.69) is 10.3 Å². The highest BCUT2D eigenvalue weighted by molar-refractivity contribution is 5.92. The van der Waals surface area contributed by atoms with Gasteiger partial charge in [-0.1, -0.05) is 36.4 Å². The molecule has 0 amide bonds. The van der Waals surface area contributed by atoms with E-state index in [0.29, 0.717) is 25.7 Å². The second kappa shape index (κ2) is 9.57. The first-order valence-corrected chi connectivity index (χ1v) is 8.03. The quantitative estimate of drug-likeness (QED) is 0.443. The molecule has 0 aliphatic carbocycles. The number of hydrogen-bond donors (Lipinski definition) is 2. The number of hydrogen-bond acceptors (Lipinski definition) is 3. The Kier molecular flexibility index (Phi) is 7.11. The first-order valence-electron chi connectivity index (χ1n) is 8.03. The van der Waals surface area contributed by atoms with E-state index >= 15 is 0 Å². The predicted molar refractivity (Wildman–Crippen MR) is 98.6 cm³/mol. The zero-order valence-electron chi connectivity index (χ0n) is 14.3. The number of aryl methyl sites for hydroxylation is 1. The molecule has 24 heavy (non-hydrogen) atoms. The fourth-order valence-corrected chi connectivity index (χ4v) is 2.27. The number of benzene rings is 2. The lowest BCUT2D eigenvalue weighted by molar-refractivity contribution is 0.185. The van der Waals surface area contributed by atoms with E-state index in [0.717, 1.165) is 29.0 Å². The van der Waals surface area contributed by atoms with Gasteiger partial charge in [-0.3, -0.25) is 4.99 Å². The molecule has 0 spiro atoms. The number of ether oxygens (including phenoxy) is 2. The van der Waals surface area contributed by atoms with Gasteiger partial charge in [0, 0.05) is 31.3 Å². The molecule has 0 fully saturated rings. The third kappa shape index (κ3) is 5.59. The standard InChI is InChI=1S/C19H25N3O2/c1-15-8-3-6-11-18(15)24-13-7-12-21-19(20)22-17-10-5-4-9-16(17)14-23-2/h3-6,8-11H,7,12-14H2,1-2H3,(H3,20,21,22). The van der Waals surface area contributed by atoms with Gasteiger partial charge in [-0.05, 0) is 24.6 Å². The second-order valence-corrected chi connectivity index (χ2v) is 5.45. The molecule has 5 heteroatoms. The highest BCUT2D eigenvalue weighted by Crippen LogP contribution is 2.16. The maximum atomic E-state index is 5.95. The van der Waals surface area contributed by atoms with Crippen LogP contribution in [0.4, 0.5) is 5.69 Å². The third-order valence-electron chi connectivity index (χ3n) is 3.52. The van der Waals surface area contributed by atoms with E-state index in [-0.39, 0.29) is 0 Å². The summed E-state index contributed by atoms with van der Waals surface area (Å²) in [5, 5.41) is 3.12. The largest absolute Gasteiger partial charge is 0.493 e. The molecule has 3 N–H and O–H groups in total. The summed E-state index contributed by atoms with van der Waals surface area (Å²) in [6.45, 7) is 3.78. The summed E-state index contributed by atoms with van der Waals surface area (Å²) < 4.78 is 10.9. The van der Waals surface area contributed by atoms with Crippen molar-refractivity contribution in [2.24, 2.45) is 10.7 Å². The van der Waals surface area contributed by atoms with Gasteiger partial charge < -0.3 is 20.5 Å². The van der Waals surface area contributed by atoms with Crippen molar-refractivity contribution < 1.29 is 9.47 Å². The summed E-state index contributed by atoms with van der Waals surface area (Å²) in [5.41, 5.74) is 9.04. The van der Waals surface area contributed by atoms with E-state index in [4.69, 9.17) is 15.2 Å². The Labute approximate surface area is 143 Å². The number of methoxy groups -OCH3 is 1. The van der Waals surface area contributed by atoms with Gasteiger partial charge in [0.1, 0.15) is 5.75 Å². The van der Waals surface area contributed by atoms with Crippen molar-refractivity contribution in [3.63, 3.8) is 0 Å². The molecule has 2 rings (SSSR count). The average molecular weight is 327 g/mol. The van der Waals surface area contributed by atoms with Crippen LogP contribution < -0.4 is 15.8 Å². The fourth-order valence-electron chi connectivity index (χ4n) is 2.27. The molecule has 0 aromatic heterocycles. The van der Waals surface area contributed by atoms with E-state index in [1.807, 2.05) is 55.5 Å². The fraction of sp³-hybridized carbons (Fsp3) is 0.316. The molecule has 0 radical (unpaired) electrons. The molecule has 2 aromatic rings. The van der Waals surface area contributed by atoms with Crippen LogP contribution in [0.5, 0.6) is 5.75 Å². The molecule has 0 bridgehead atoms. The number of guanidine groups is 1. The van der Waals surface area contributed by atoms with Crippen molar-refractivity contribution in [1.29, 1.82) is 0 Å². The van der Waals surface area contributed by atoms with E-state index in [1.165, 1.54) is 0 Å². The zero-order valence-corrected chi connectivity index (χ0v) is 14.3. The zero-order chi connectivity index (χ0) is 17.2.